The van der Waals surface area contributed by atoms with Crippen molar-refractivity contribution in [3.05, 3.63) is 36.0 Å². The third-order valence-electron chi connectivity index (χ3n) is 4.73. The molecule has 8 heteroatoms. The summed E-state index contributed by atoms with van der Waals surface area (Å²) < 4.78 is 5.47. The van der Waals surface area contributed by atoms with Gasteiger partial charge >= 0.3 is 0 Å². The predicted molar refractivity (Wildman–Crippen MR) is 119 cm³/mol. The Morgan fingerprint density at radius 2 is 1.93 bits per heavy atom. The van der Waals surface area contributed by atoms with Gasteiger partial charge in [0.2, 0.25) is 5.95 Å². The summed E-state index contributed by atoms with van der Waals surface area (Å²) in [5.74, 6) is 1.35. The molecule has 1 fully saturated rings. The Labute approximate surface area is 172 Å². The molecule has 0 saturated carbocycles. The lowest BCUT2D eigenvalue weighted by Gasteiger charge is -2.29. The molecule has 0 unspecified atom stereocenters. The zero-order valence-corrected chi connectivity index (χ0v) is 17.3. The number of ether oxygens (including phenoxy) is 1. The Hall–Kier alpha value is -2.71. The van der Waals surface area contributed by atoms with Gasteiger partial charge in [-0.2, -0.15) is 4.98 Å². The SMILES string of the molecule is CCOCCNc1c(Nc2ccccc2)nc(N2CCNCC2)nc1C(=N)CC. The van der Waals surface area contributed by atoms with Gasteiger partial charge in [0.15, 0.2) is 5.82 Å². The average Bonchev–Trinajstić information content (AvgIpc) is 2.78. The van der Waals surface area contributed by atoms with Crippen molar-refractivity contribution in [2.24, 2.45) is 0 Å². The predicted octanol–water partition coefficient (Wildman–Crippen LogP) is 2.86. The van der Waals surface area contributed by atoms with Crippen LogP contribution in [0, 0.1) is 5.41 Å². The van der Waals surface area contributed by atoms with Crippen molar-refractivity contribution in [1.29, 1.82) is 5.41 Å². The third-order valence-corrected chi connectivity index (χ3v) is 4.73. The Morgan fingerprint density at radius 3 is 2.62 bits per heavy atom. The maximum Gasteiger partial charge on any atom is 0.228 e. The van der Waals surface area contributed by atoms with Crippen molar-refractivity contribution < 1.29 is 4.74 Å². The highest BCUT2D eigenvalue weighted by Gasteiger charge is 2.21. The van der Waals surface area contributed by atoms with E-state index in [0.29, 0.717) is 49.4 Å². The molecule has 0 radical (unpaired) electrons. The summed E-state index contributed by atoms with van der Waals surface area (Å²) in [6, 6.07) is 9.95. The molecule has 4 N–H and O–H groups in total. The van der Waals surface area contributed by atoms with E-state index in [0.717, 1.165) is 37.6 Å². The van der Waals surface area contributed by atoms with Gasteiger partial charge in [0.25, 0.3) is 0 Å². The van der Waals surface area contributed by atoms with Crippen molar-refractivity contribution in [2.75, 3.05) is 61.5 Å². The van der Waals surface area contributed by atoms with Crippen LogP contribution in [-0.4, -0.2) is 61.6 Å². The summed E-state index contributed by atoms with van der Waals surface area (Å²) in [5, 5.41) is 18.7. The second-order valence-electron chi connectivity index (χ2n) is 6.78. The highest BCUT2D eigenvalue weighted by atomic mass is 16.5. The number of piperazine rings is 1. The minimum absolute atomic E-state index is 0.485. The molecular weight excluding hydrogens is 366 g/mol. The van der Waals surface area contributed by atoms with Gasteiger partial charge in [0, 0.05) is 45.0 Å². The molecule has 29 heavy (non-hydrogen) atoms. The summed E-state index contributed by atoms with van der Waals surface area (Å²) in [6.07, 6.45) is 0.600. The molecule has 8 nitrogen and oxygen atoms in total. The van der Waals surface area contributed by atoms with Crippen LogP contribution < -0.4 is 20.9 Å². The van der Waals surface area contributed by atoms with Crippen molar-refractivity contribution in [2.45, 2.75) is 20.3 Å². The van der Waals surface area contributed by atoms with Crippen LogP contribution in [0.3, 0.4) is 0 Å². The molecule has 3 rings (SSSR count). The van der Waals surface area contributed by atoms with Gasteiger partial charge in [-0.25, -0.2) is 4.98 Å². The largest absolute Gasteiger partial charge is 0.380 e. The van der Waals surface area contributed by atoms with Crippen LogP contribution in [0.15, 0.2) is 30.3 Å². The van der Waals surface area contributed by atoms with Gasteiger partial charge in [-0.15, -0.1) is 0 Å². The zero-order valence-electron chi connectivity index (χ0n) is 17.3. The quantitative estimate of drug-likeness (QED) is 0.361. The molecule has 0 atom stereocenters. The number of hydrogen-bond acceptors (Lipinski definition) is 8. The van der Waals surface area contributed by atoms with Crippen LogP contribution in [0.2, 0.25) is 0 Å². The fourth-order valence-electron chi connectivity index (χ4n) is 3.15. The van der Waals surface area contributed by atoms with E-state index in [2.05, 4.69) is 20.9 Å². The minimum atomic E-state index is 0.485. The summed E-state index contributed by atoms with van der Waals surface area (Å²) in [7, 11) is 0. The van der Waals surface area contributed by atoms with Gasteiger partial charge in [-0.1, -0.05) is 25.1 Å². The van der Waals surface area contributed by atoms with Gasteiger partial charge in [0.1, 0.15) is 11.4 Å². The van der Waals surface area contributed by atoms with E-state index >= 15 is 0 Å². The van der Waals surface area contributed by atoms with Crippen molar-refractivity contribution >= 4 is 28.9 Å². The Bertz CT molecular complexity index is 791. The molecule has 1 aromatic heterocycles. The minimum Gasteiger partial charge on any atom is -0.380 e. The lowest BCUT2D eigenvalue weighted by Crippen LogP contribution is -2.44. The van der Waals surface area contributed by atoms with E-state index in [1.807, 2.05) is 44.2 Å². The number of nitrogens with one attached hydrogen (secondary N) is 4. The van der Waals surface area contributed by atoms with Crippen LogP contribution in [0.25, 0.3) is 0 Å². The molecule has 1 aromatic carbocycles. The highest BCUT2D eigenvalue weighted by Crippen LogP contribution is 2.30. The second kappa shape index (κ2) is 10.7. The molecule has 1 saturated heterocycles. The van der Waals surface area contributed by atoms with Gasteiger partial charge in [0.05, 0.1) is 12.3 Å². The third kappa shape index (κ3) is 5.65. The van der Waals surface area contributed by atoms with E-state index in [1.54, 1.807) is 0 Å². The average molecular weight is 398 g/mol. The Morgan fingerprint density at radius 1 is 1.17 bits per heavy atom. The van der Waals surface area contributed by atoms with Crippen molar-refractivity contribution in [1.82, 2.24) is 15.3 Å². The molecule has 2 aromatic rings. The molecule has 0 spiro atoms. The molecule has 1 aliphatic rings. The first kappa shape index (κ1) is 21.0. The fraction of sp³-hybridized carbons (Fsp3) is 0.476. The Balaban J connectivity index is 1.99. The van der Waals surface area contributed by atoms with E-state index in [1.165, 1.54) is 0 Å². The monoisotopic (exact) mass is 397 g/mol. The first-order valence-electron chi connectivity index (χ1n) is 10.3. The number of rotatable bonds is 10. The lowest BCUT2D eigenvalue weighted by atomic mass is 10.1. The van der Waals surface area contributed by atoms with Gasteiger partial charge < -0.3 is 31.0 Å². The summed E-state index contributed by atoms with van der Waals surface area (Å²) in [6.45, 7) is 9.33. The first-order chi connectivity index (χ1) is 14.2. The smallest absolute Gasteiger partial charge is 0.228 e. The van der Waals surface area contributed by atoms with Crippen LogP contribution in [0.4, 0.5) is 23.1 Å². The Kier molecular flexibility index (Phi) is 7.77. The molecule has 1 aliphatic heterocycles. The fourth-order valence-corrected chi connectivity index (χ4v) is 3.15. The first-order valence-corrected chi connectivity index (χ1v) is 10.3. The molecule has 0 aliphatic carbocycles. The van der Waals surface area contributed by atoms with E-state index in [-0.39, 0.29) is 0 Å². The molecule has 0 amide bonds. The number of nitrogens with zero attached hydrogens (tertiary/aromatic N) is 3. The van der Waals surface area contributed by atoms with Crippen LogP contribution in [0.5, 0.6) is 0 Å². The zero-order chi connectivity index (χ0) is 20.5. The van der Waals surface area contributed by atoms with Crippen LogP contribution in [-0.2, 0) is 4.74 Å². The standard InChI is InChI=1S/C21H31N7O/c1-3-17(22)18-19(24-12-15-29-4-2)20(25-16-8-6-5-7-9-16)27-21(26-18)28-13-10-23-11-14-28/h5-9,22-24H,3-4,10-15H2,1-2H3,(H,25,26,27). The summed E-state index contributed by atoms with van der Waals surface area (Å²) in [5.41, 5.74) is 2.82. The van der Waals surface area contributed by atoms with E-state index < -0.39 is 0 Å². The summed E-state index contributed by atoms with van der Waals surface area (Å²) >= 11 is 0. The van der Waals surface area contributed by atoms with Crippen molar-refractivity contribution in [3.8, 4) is 0 Å². The lowest BCUT2D eigenvalue weighted by molar-refractivity contribution is 0.158. The maximum absolute atomic E-state index is 8.50. The number of hydrogen-bond donors (Lipinski definition) is 4. The second-order valence-corrected chi connectivity index (χ2v) is 6.78. The number of para-hydroxylation sites is 1. The van der Waals surface area contributed by atoms with Crippen LogP contribution >= 0.6 is 0 Å². The van der Waals surface area contributed by atoms with Crippen molar-refractivity contribution in [3.63, 3.8) is 0 Å². The summed E-state index contributed by atoms with van der Waals surface area (Å²) in [4.78, 5) is 11.8. The topological polar surface area (TPSA) is 98.2 Å². The molecule has 2 heterocycles. The maximum atomic E-state index is 8.50. The molecular formula is C21H31N7O. The number of anilines is 4. The number of aromatic nitrogens is 2. The van der Waals surface area contributed by atoms with E-state index in [4.69, 9.17) is 20.1 Å². The number of benzene rings is 1. The highest BCUT2D eigenvalue weighted by molar-refractivity contribution is 6.03. The van der Waals surface area contributed by atoms with Gasteiger partial charge in [-0.05, 0) is 25.5 Å². The van der Waals surface area contributed by atoms with E-state index in [9.17, 15) is 0 Å². The van der Waals surface area contributed by atoms with Crippen LogP contribution in [0.1, 0.15) is 26.0 Å². The van der Waals surface area contributed by atoms with Gasteiger partial charge in [-0.3, -0.25) is 0 Å². The molecule has 0 bridgehead atoms. The normalized spacial score (nSPS) is 13.9. The molecule has 156 valence electrons.